The van der Waals surface area contributed by atoms with Crippen molar-refractivity contribution in [2.24, 2.45) is 0 Å². The Labute approximate surface area is 227 Å². The Morgan fingerprint density at radius 1 is 0.974 bits per heavy atom. The maximum absolute atomic E-state index is 12.7. The molecule has 0 bridgehead atoms. The molecule has 194 valence electrons. The van der Waals surface area contributed by atoms with Gasteiger partial charge in [0.15, 0.2) is 6.61 Å². The number of thioether (sulfide) groups is 1. The molecular weight excluding hydrogens is 530 g/mol. The van der Waals surface area contributed by atoms with Gasteiger partial charge in [0, 0.05) is 10.7 Å². The molecule has 0 aromatic heterocycles. The maximum atomic E-state index is 12.7. The summed E-state index contributed by atoms with van der Waals surface area (Å²) >= 11 is 6.66. The van der Waals surface area contributed by atoms with Crippen molar-refractivity contribution in [2.75, 3.05) is 30.9 Å². The van der Waals surface area contributed by atoms with E-state index in [4.69, 9.17) is 21.1 Å². The summed E-state index contributed by atoms with van der Waals surface area (Å²) in [7, 11) is 1.52. The van der Waals surface area contributed by atoms with Crippen LogP contribution in [0.5, 0.6) is 11.5 Å². The average Bonchev–Trinajstić information content (AvgIpc) is 3.15. The van der Waals surface area contributed by atoms with Gasteiger partial charge in [0.2, 0.25) is 5.91 Å². The van der Waals surface area contributed by atoms with Crippen molar-refractivity contribution in [1.29, 1.82) is 0 Å². The van der Waals surface area contributed by atoms with Crippen LogP contribution < -0.4 is 20.1 Å². The lowest BCUT2D eigenvalue weighted by Crippen LogP contribution is -2.36. The van der Waals surface area contributed by atoms with Crippen LogP contribution in [0.25, 0.3) is 6.08 Å². The number of imide groups is 1. The van der Waals surface area contributed by atoms with Gasteiger partial charge in [-0.25, -0.2) is 0 Å². The summed E-state index contributed by atoms with van der Waals surface area (Å²) in [6.45, 7) is -0.633. The number of carbonyl (C=O) groups excluding carboxylic acids is 4. The number of halogens is 1. The Bertz CT molecular complexity index is 1410. The number of ether oxygens (including phenoxy) is 2. The SMILES string of the molecule is COc1ccccc1NC(=O)COc1ccc(/C=C2\SC(=O)N(CC(=O)Nc3cccc(Cl)c3)C2=O)cc1. The van der Waals surface area contributed by atoms with Crippen LogP contribution in [-0.2, 0) is 14.4 Å². The van der Waals surface area contributed by atoms with E-state index in [0.717, 1.165) is 16.7 Å². The van der Waals surface area contributed by atoms with Gasteiger partial charge in [-0.3, -0.25) is 24.1 Å². The van der Waals surface area contributed by atoms with E-state index in [1.807, 2.05) is 0 Å². The van der Waals surface area contributed by atoms with Crippen molar-refractivity contribution < 1.29 is 28.7 Å². The molecule has 3 aromatic carbocycles. The summed E-state index contributed by atoms with van der Waals surface area (Å²) in [5.41, 5.74) is 1.64. The molecule has 0 spiro atoms. The normalized spacial score (nSPS) is 13.9. The zero-order chi connectivity index (χ0) is 27.1. The molecule has 4 amide bonds. The Morgan fingerprint density at radius 3 is 2.47 bits per heavy atom. The van der Waals surface area contributed by atoms with Crippen molar-refractivity contribution in [3.05, 3.63) is 88.3 Å². The van der Waals surface area contributed by atoms with E-state index < -0.39 is 23.6 Å². The molecule has 11 heteroatoms. The van der Waals surface area contributed by atoms with E-state index in [1.165, 1.54) is 7.11 Å². The molecule has 38 heavy (non-hydrogen) atoms. The number of amides is 4. The fourth-order valence-corrected chi connectivity index (χ4v) is 4.47. The predicted molar refractivity (Wildman–Crippen MR) is 146 cm³/mol. The van der Waals surface area contributed by atoms with Crippen molar-refractivity contribution >= 4 is 63.8 Å². The first kappa shape index (κ1) is 26.8. The Hall–Kier alpha value is -4.28. The molecule has 1 aliphatic rings. The van der Waals surface area contributed by atoms with Gasteiger partial charge >= 0.3 is 0 Å². The summed E-state index contributed by atoms with van der Waals surface area (Å²) in [4.78, 5) is 50.7. The molecule has 0 saturated carbocycles. The molecule has 0 aliphatic carbocycles. The van der Waals surface area contributed by atoms with Crippen LogP contribution in [0.4, 0.5) is 16.2 Å². The van der Waals surface area contributed by atoms with E-state index in [0.29, 0.717) is 33.5 Å². The molecular formula is C27H22ClN3O6S. The molecule has 3 aromatic rings. The summed E-state index contributed by atoms with van der Waals surface area (Å²) < 4.78 is 10.7. The fourth-order valence-electron chi connectivity index (χ4n) is 3.44. The number of anilines is 2. The fraction of sp³-hybridized carbons (Fsp3) is 0.111. The molecule has 9 nitrogen and oxygen atoms in total. The topological polar surface area (TPSA) is 114 Å². The van der Waals surface area contributed by atoms with Crippen LogP contribution in [0.2, 0.25) is 5.02 Å². The third kappa shape index (κ3) is 6.93. The smallest absolute Gasteiger partial charge is 0.294 e. The number of methoxy groups -OCH3 is 1. The lowest BCUT2D eigenvalue weighted by molar-refractivity contribution is -0.127. The second-order valence-electron chi connectivity index (χ2n) is 7.93. The van der Waals surface area contributed by atoms with E-state index >= 15 is 0 Å². The Morgan fingerprint density at radius 2 is 1.74 bits per heavy atom. The van der Waals surface area contributed by atoms with Gasteiger partial charge in [0.05, 0.1) is 17.7 Å². The van der Waals surface area contributed by atoms with Gasteiger partial charge in [-0.2, -0.15) is 0 Å². The molecule has 2 N–H and O–H groups in total. The highest BCUT2D eigenvalue weighted by Crippen LogP contribution is 2.32. The summed E-state index contributed by atoms with van der Waals surface area (Å²) in [6.07, 6.45) is 1.55. The highest BCUT2D eigenvalue weighted by molar-refractivity contribution is 8.18. The number of hydrogen-bond donors (Lipinski definition) is 2. The van der Waals surface area contributed by atoms with Gasteiger partial charge < -0.3 is 20.1 Å². The highest BCUT2D eigenvalue weighted by Gasteiger charge is 2.36. The lowest BCUT2D eigenvalue weighted by Gasteiger charge is -2.12. The number of nitrogens with zero attached hydrogens (tertiary/aromatic N) is 1. The minimum absolute atomic E-state index is 0.190. The number of nitrogens with one attached hydrogen (secondary N) is 2. The number of rotatable bonds is 9. The van der Waals surface area contributed by atoms with E-state index in [1.54, 1.807) is 78.9 Å². The van der Waals surface area contributed by atoms with Gasteiger partial charge in [0.25, 0.3) is 17.1 Å². The monoisotopic (exact) mass is 551 g/mol. The zero-order valence-corrected chi connectivity index (χ0v) is 21.7. The standard InChI is InChI=1S/C27H22ClN3O6S/c1-36-22-8-3-2-7-21(22)30-25(33)16-37-20-11-9-17(10-12-20)13-23-26(34)31(27(35)38-23)15-24(32)29-19-6-4-5-18(28)14-19/h2-14H,15-16H2,1H3,(H,29,32)(H,30,33)/b23-13-. The predicted octanol–water partition coefficient (Wildman–Crippen LogP) is 5.04. The number of carbonyl (C=O) groups is 4. The first-order valence-corrected chi connectivity index (χ1v) is 12.5. The van der Waals surface area contributed by atoms with Crippen LogP contribution in [0.1, 0.15) is 5.56 Å². The first-order valence-electron chi connectivity index (χ1n) is 11.3. The van der Waals surface area contributed by atoms with Crippen LogP contribution >= 0.6 is 23.4 Å². The molecule has 0 radical (unpaired) electrons. The highest BCUT2D eigenvalue weighted by atomic mass is 35.5. The first-order chi connectivity index (χ1) is 18.3. The third-order valence-corrected chi connectivity index (χ3v) is 6.36. The number of benzene rings is 3. The zero-order valence-electron chi connectivity index (χ0n) is 20.1. The van der Waals surface area contributed by atoms with Crippen molar-refractivity contribution in [3.63, 3.8) is 0 Å². The third-order valence-electron chi connectivity index (χ3n) is 5.21. The quantitative estimate of drug-likeness (QED) is 0.358. The van der Waals surface area contributed by atoms with Crippen LogP contribution in [-0.4, -0.2) is 48.1 Å². The second-order valence-corrected chi connectivity index (χ2v) is 9.36. The van der Waals surface area contributed by atoms with E-state index in [2.05, 4.69) is 10.6 Å². The largest absolute Gasteiger partial charge is 0.495 e. The maximum Gasteiger partial charge on any atom is 0.294 e. The van der Waals surface area contributed by atoms with Gasteiger partial charge in [-0.15, -0.1) is 0 Å². The summed E-state index contributed by atoms with van der Waals surface area (Å²) in [6, 6.07) is 20.3. The molecule has 1 fully saturated rings. The van der Waals surface area contributed by atoms with E-state index in [-0.39, 0.29) is 17.4 Å². The van der Waals surface area contributed by atoms with Crippen LogP contribution in [0.15, 0.2) is 77.7 Å². The second kappa shape index (κ2) is 12.3. The van der Waals surface area contributed by atoms with Gasteiger partial charge in [-0.05, 0) is 65.9 Å². The van der Waals surface area contributed by atoms with Gasteiger partial charge in [-0.1, -0.05) is 41.9 Å². The molecule has 0 atom stereocenters. The molecule has 1 saturated heterocycles. The lowest BCUT2D eigenvalue weighted by atomic mass is 10.2. The molecule has 1 aliphatic heterocycles. The number of para-hydroxylation sites is 2. The molecule has 1 heterocycles. The van der Waals surface area contributed by atoms with E-state index in [9.17, 15) is 19.2 Å². The van der Waals surface area contributed by atoms with Crippen molar-refractivity contribution in [1.82, 2.24) is 4.90 Å². The average molecular weight is 552 g/mol. The summed E-state index contributed by atoms with van der Waals surface area (Å²) in [5.74, 6) is -0.451. The molecule has 0 unspecified atom stereocenters. The Kier molecular flexibility index (Phi) is 8.67. The number of hydrogen-bond acceptors (Lipinski definition) is 7. The minimum Gasteiger partial charge on any atom is -0.495 e. The van der Waals surface area contributed by atoms with Crippen LogP contribution in [0.3, 0.4) is 0 Å². The van der Waals surface area contributed by atoms with Gasteiger partial charge in [0.1, 0.15) is 18.0 Å². The minimum atomic E-state index is -0.561. The van der Waals surface area contributed by atoms with Crippen molar-refractivity contribution in [2.45, 2.75) is 0 Å². The van der Waals surface area contributed by atoms with Crippen LogP contribution in [0, 0.1) is 0 Å². The van der Waals surface area contributed by atoms with Crippen molar-refractivity contribution in [3.8, 4) is 11.5 Å². The molecule has 4 rings (SSSR count). The Balaban J connectivity index is 1.31. The summed E-state index contributed by atoms with van der Waals surface area (Å²) in [5, 5.41) is 5.25.